The average Bonchev–Trinajstić information content (AvgIpc) is 2.40. The summed E-state index contributed by atoms with van der Waals surface area (Å²) in [6, 6.07) is 5.88. The lowest BCUT2D eigenvalue weighted by atomic mass is 9.87. The van der Waals surface area contributed by atoms with E-state index in [1.807, 2.05) is 12.1 Å². The number of esters is 1. The maximum absolute atomic E-state index is 11.6. The average molecular weight is 262 g/mol. The van der Waals surface area contributed by atoms with E-state index in [4.69, 9.17) is 10.5 Å². The Labute approximate surface area is 114 Å². The van der Waals surface area contributed by atoms with E-state index in [1.165, 1.54) is 20.0 Å². The van der Waals surface area contributed by atoms with Gasteiger partial charge in [-0.25, -0.2) is 4.79 Å². The number of anilines is 2. The third-order valence-electron chi connectivity index (χ3n) is 3.81. The molecular formula is C15H22N2O2. The molecule has 2 rings (SSSR count). The van der Waals surface area contributed by atoms with Crippen LogP contribution < -0.4 is 11.1 Å². The van der Waals surface area contributed by atoms with Crippen molar-refractivity contribution in [1.29, 1.82) is 0 Å². The highest BCUT2D eigenvalue weighted by Gasteiger charge is 2.20. The Kier molecular flexibility index (Phi) is 4.30. The summed E-state index contributed by atoms with van der Waals surface area (Å²) < 4.78 is 4.73. The first-order chi connectivity index (χ1) is 9.11. The fraction of sp³-hybridized carbons (Fsp3) is 0.533. The van der Waals surface area contributed by atoms with E-state index in [0.29, 0.717) is 17.3 Å². The Morgan fingerprint density at radius 2 is 2.21 bits per heavy atom. The number of methoxy groups -OCH3 is 1. The van der Waals surface area contributed by atoms with Crippen molar-refractivity contribution in [2.45, 2.75) is 38.6 Å². The molecule has 0 aromatic heterocycles. The lowest BCUT2D eigenvalue weighted by Gasteiger charge is -2.29. The summed E-state index contributed by atoms with van der Waals surface area (Å²) in [7, 11) is 1.37. The molecule has 2 atom stereocenters. The van der Waals surface area contributed by atoms with E-state index in [2.05, 4.69) is 12.2 Å². The highest BCUT2D eigenvalue weighted by molar-refractivity contribution is 5.98. The monoisotopic (exact) mass is 262 g/mol. The van der Waals surface area contributed by atoms with Crippen molar-refractivity contribution in [3.8, 4) is 0 Å². The predicted molar refractivity (Wildman–Crippen MR) is 77.2 cm³/mol. The lowest BCUT2D eigenvalue weighted by molar-refractivity contribution is 0.0602. The van der Waals surface area contributed by atoms with Gasteiger partial charge in [0.1, 0.15) is 0 Å². The third-order valence-corrected chi connectivity index (χ3v) is 3.81. The first-order valence-electron chi connectivity index (χ1n) is 6.85. The number of hydrogen-bond acceptors (Lipinski definition) is 4. The fourth-order valence-electron chi connectivity index (χ4n) is 2.76. The fourth-order valence-corrected chi connectivity index (χ4v) is 2.76. The van der Waals surface area contributed by atoms with Crippen LogP contribution in [0.4, 0.5) is 11.4 Å². The molecule has 1 aliphatic carbocycles. The van der Waals surface area contributed by atoms with Crippen LogP contribution in [0.2, 0.25) is 0 Å². The van der Waals surface area contributed by atoms with E-state index in [9.17, 15) is 4.79 Å². The highest BCUT2D eigenvalue weighted by Crippen LogP contribution is 2.29. The summed E-state index contributed by atoms with van der Waals surface area (Å²) in [5, 5.41) is 3.47. The Bertz CT molecular complexity index is 459. The summed E-state index contributed by atoms with van der Waals surface area (Å²) in [4.78, 5) is 11.6. The largest absolute Gasteiger partial charge is 0.465 e. The molecule has 0 spiro atoms. The summed E-state index contributed by atoms with van der Waals surface area (Å²) in [5.41, 5.74) is 7.79. The normalized spacial score (nSPS) is 22.8. The SMILES string of the molecule is COC(=O)c1cccc(NC2CCCC(C)C2)c1N. The molecule has 0 bridgehead atoms. The molecule has 1 aromatic rings. The van der Waals surface area contributed by atoms with Gasteiger partial charge >= 0.3 is 5.97 Å². The van der Waals surface area contributed by atoms with Crippen LogP contribution in [0.3, 0.4) is 0 Å². The minimum Gasteiger partial charge on any atom is -0.465 e. The van der Waals surface area contributed by atoms with Crippen LogP contribution in [-0.2, 0) is 4.74 Å². The van der Waals surface area contributed by atoms with E-state index in [1.54, 1.807) is 6.07 Å². The number of nitrogens with one attached hydrogen (secondary N) is 1. The molecule has 4 nitrogen and oxygen atoms in total. The summed E-state index contributed by atoms with van der Waals surface area (Å²) >= 11 is 0. The highest BCUT2D eigenvalue weighted by atomic mass is 16.5. The van der Waals surface area contributed by atoms with Crippen molar-refractivity contribution in [3.63, 3.8) is 0 Å². The van der Waals surface area contributed by atoms with Gasteiger partial charge in [0.2, 0.25) is 0 Å². The maximum atomic E-state index is 11.6. The third kappa shape index (κ3) is 3.19. The number of nitrogen functional groups attached to an aromatic ring is 1. The van der Waals surface area contributed by atoms with Crippen LogP contribution in [0.25, 0.3) is 0 Å². The molecule has 1 saturated carbocycles. The number of nitrogens with two attached hydrogens (primary N) is 1. The lowest BCUT2D eigenvalue weighted by Crippen LogP contribution is -2.26. The topological polar surface area (TPSA) is 64.3 Å². The molecule has 1 aliphatic rings. The van der Waals surface area contributed by atoms with Gasteiger partial charge in [0, 0.05) is 6.04 Å². The first-order valence-corrected chi connectivity index (χ1v) is 6.85. The van der Waals surface area contributed by atoms with Crippen molar-refractivity contribution in [2.75, 3.05) is 18.2 Å². The molecule has 1 aromatic carbocycles. The standard InChI is InChI=1S/C15H22N2O2/c1-10-5-3-6-11(9-10)17-13-8-4-7-12(14(13)16)15(18)19-2/h4,7-8,10-11,17H,3,5-6,9,16H2,1-2H3. The molecule has 0 aliphatic heterocycles. The minimum absolute atomic E-state index is 0.391. The van der Waals surface area contributed by atoms with Crippen LogP contribution in [0.1, 0.15) is 43.0 Å². The molecule has 3 N–H and O–H groups in total. The number of hydrogen-bond donors (Lipinski definition) is 2. The van der Waals surface area contributed by atoms with Crippen LogP contribution in [-0.4, -0.2) is 19.1 Å². The summed E-state index contributed by atoms with van der Waals surface area (Å²) in [5.74, 6) is 0.356. The molecule has 0 heterocycles. The zero-order chi connectivity index (χ0) is 13.8. The van der Waals surface area contributed by atoms with Gasteiger partial charge in [0.25, 0.3) is 0 Å². The second-order valence-corrected chi connectivity index (χ2v) is 5.37. The summed E-state index contributed by atoms with van der Waals surface area (Å²) in [6.07, 6.45) is 4.86. The van der Waals surface area contributed by atoms with Crippen molar-refractivity contribution in [3.05, 3.63) is 23.8 Å². The van der Waals surface area contributed by atoms with Gasteiger partial charge in [-0.05, 0) is 30.9 Å². The number of rotatable bonds is 3. The van der Waals surface area contributed by atoms with Crippen molar-refractivity contribution in [2.24, 2.45) is 5.92 Å². The molecule has 0 saturated heterocycles. The molecule has 104 valence electrons. The van der Waals surface area contributed by atoms with Gasteiger partial charge in [0.15, 0.2) is 0 Å². The van der Waals surface area contributed by atoms with Gasteiger partial charge in [0.05, 0.1) is 24.0 Å². The van der Waals surface area contributed by atoms with E-state index < -0.39 is 5.97 Å². The molecule has 4 heteroatoms. The Morgan fingerprint density at radius 3 is 2.89 bits per heavy atom. The van der Waals surface area contributed by atoms with Gasteiger partial charge in [-0.15, -0.1) is 0 Å². The molecule has 19 heavy (non-hydrogen) atoms. The second kappa shape index (κ2) is 5.95. The number of benzene rings is 1. The van der Waals surface area contributed by atoms with E-state index >= 15 is 0 Å². The van der Waals surface area contributed by atoms with E-state index in [0.717, 1.165) is 24.4 Å². The summed E-state index contributed by atoms with van der Waals surface area (Å²) in [6.45, 7) is 2.28. The smallest absolute Gasteiger partial charge is 0.340 e. The number of ether oxygens (including phenoxy) is 1. The van der Waals surface area contributed by atoms with Crippen LogP contribution in [0.15, 0.2) is 18.2 Å². The zero-order valence-corrected chi connectivity index (χ0v) is 11.6. The number of carbonyl (C=O) groups excluding carboxylic acids is 1. The van der Waals surface area contributed by atoms with Crippen molar-refractivity contribution in [1.82, 2.24) is 0 Å². The van der Waals surface area contributed by atoms with Gasteiger partial charge < -0.3 is 15.8 Å². The van der Waals surface area contributed by atoms with Crippen molar-refractivity contribution >= 4 is 17.3 Å². The molecule has 0 amide bonds. The maximum Gasteiger partial charge on any atom is 0.340 e. The zero-order valence-electron chi connectivity index (χ0n) is 11.6. The molecule has 1 fully saturated rings. The quantitative estimate of drug-likeness (QED) is 0.649. The number of para-hydroxylation sites is 1. The number of carbonyl (C=O) groups is 1. The predicted octanol–water partition coefficient (Wildman–Crippen LogP) is 3.05. The van der Waals surface area contributed by atoms with Gasteiger partial charge in [-0.3, -0.25) is 0 Å². The molecule has 0 radical (unpaired) electrons. The first kappa shape index (κ1) is 13.7. The van der Waals surface area contributed by atoms with Crippen LogP contribution >= 0.6 is 0 Å². The Hall–Kier alpha value is -1.71. The van der Waals surface area contributed by atoms with E-state index in [-0.39, 0.29) is 0 Å². The van der Waals surface area contributed by atoms with Crippen molar-refractivity contribution < 1.29 is 9.53 Å². The Balaban J connectivity index is 2.14. The Morgan fingerprint density at radius 1 is 1.42 bits per heavy atom. The van der Waals surface area contributed by atoms with Gasteiger partial charge in [-0.1, -0.05) is 25.8 Å². The van der Waals surface area contributed by atoms with Crippen LogP contribution in [0.5, 0.6) is 0 Å². The molecular weight excluding hydrogens is 240 g/mol. The second-order valence-electron chi connectivity index (χ2n) is 5.37. The minimum atomic E-state index is -0.391. The van der Waals surface area contributed by atoms with Crippen LogP contribution in [0, 0.1) is 5.92 Å². The molecule has 2 unspecified atom stereocenters. The van der Waals surface area contributed by atoms with Gasteiger partial charge in [-0.2, -0.15) is 0 Å².